The molecule has 0 atom stereocenters. The van der Waals surface area contributed by atoms with Gasteiger partial charge in [-0.2, -0.15) is 0 Å². The van der Waals surface area contributed by atoms with E-state index in [1.54, 1.807) is 6.21 Å². The zero-order chi connectivity index (χ0) is 15.9. The van der Waals surface area contributed by atoms with Crippen molar-refractivity contribution < 1.29 is 0 Å². The third-order valence-electron chi connectivity index (χ3n) is 3.59. The number of para-hydroxylation sites is 1. The van der Waals surface area contributed by atoms with Crippen LogP contribution in [0.4, 0.5) is 5.69 Å². The van der Waals surface area contributed by atoms with E-state index in [2.05, 4.69) is 62.7 Å². The average Bonchev–Trinajstić information content (AvgIpc) is 2.52. The molecular formula is C21H23N. The number of hydrogen-bond donors (Lipinski definition) is 0. The predicted molar refractivity (Wildman–Crippen MR) is 96.1 cm³/mol. The summed E-state index contributed by atoms with van der Waals surface area (Å²) in [5.74, 6) is 7.06. The van der Waals surface area contributed by atoms with Crippen LogP contribution in [0.3, 0.4) is 0 Å². The minimum Gasteiger partial charge on any atom is -0.247 e. The molecule has 0 N–H and O–H groups in total. The fraction of sp³-hybridized carbons (Fsp3) is 0.286. The molecule has 1 nitrogen and oxygen atoms in total. The Hall–Kier alpha value is -2.33. The Morgan fingerprint density at radius 1 is 0.818 bits per heavy atom. The molecule has 1 heteroatoms. The summed E-state index contributed by atoms with van der Waals surface area (Å²) in [6.07, 6.45) is 1.72. The van der Waals surface area contributed by atoms with E-state index in [0.29, 0.717) is 11.8 Å². The molecule has 0 aliphatic rings. The Labute approximate surface area is 134 Å². The van der Waals surface area contributed by atoms with Crippen LogP contribution in [0.2, 0.25) is 0 Å². The molecule has 0 fully saturated rings. The average molecular weight is 289 g/mol. The first-order valence-electron chi connectivity index (χ1n) is 7.81. The Bertz CT molecular complexity index is 671. The molecule has 0 amide bonds. The van der Waals surface area contributed by atoms with Crippen LogP contribution in [0.1, 0.15) is 56.2 Å². The highest BCUT2D eigenvalue weighted by molar-refractivity contribution is 5.82. The van der Waals surface area contributed by atoms with E-state index in [9.17, 15) is 0 Å². The molecular weight excluding hydrogens is 266 g/mol. The molecule has 0 aromatic heterocycles. The summed E-state index contributed by atoms with van der Waals surface area (Å²) in [6, 6.07) is 16.4. The first kappa shape index (κ1) is 16.0. The predicted octanol–water partition coefficient (Wildman–Crippen LogP) is 5.69. The molecule has 22 heavy (non-hydrogen) atoms. The first-order valence-corrected chi connectivity index (χ1v) is 7.81. The van der Waals surface area contributed by atoms with Gasteiger partial charge in [0.25, 0.3) is 0 Å². The summed E-state index contributed by atoms with van der Waals surface area (Å²) in [7, 11) is 0. The van der Waals surface area contributed by atoms with Crippen molar-refractivity contribution in [3.8, 4) is 11.8 Å². The van der Waals surface area contributed by atoms with Gasteiger partial charge in [0.1, 0.15) is 0 Å². The van der Waals surface area contributed by atoms with Gasteiger partial charge in [-0.1, -0.05) is 70.0 Å². The van der Waals surface area contributed by atoms with Crippen LogP contribution in [-0.2, 0) is 0 Å². The topological polar surface area (TPSA) is 12.4 Å². The van der Waals surface area contributed by atoms with Crippen molar-refractivity contribution in [1.29, 1.82) is 0 Å². The molecule has 0 aliphatic carbocycles. The smallest absolute Gasteiger partial charge is 0.0777 e. The van der Waals surface area contributed by atoms with E-state index in [1.165, 1.54) is 11.1 Å². The van der Waals surface area contributed by atoms with E-state index in [0.717, 1.165) is 11.3 Å². The molecule has 2 rings (SSSR count). The second-order valence-corrected chi connectivity index (χ2v) is 5.99. The second-order valence-electron chi connectivity index (χ2n) is 5.99. The maximum Gasteiger partial charge on any atom is 0.0777 e. The SMILES string of the molecule is CC(C)c1cccc(C(C)C)c1N=CC#Cc1ccccc1. The molecule has 0 saturated heterocycles. The third-order valence-corrected chi connectivity index (χ3v) is 3.59. The van der Waals surface area contributed by atoms with Crippen LogP contribution < -0.4 is 0 Å². The van der Waals surface area contributed by atoms with Crippen molar-refractivity contribution in [2.24, 2.45) is 4.99 Å². The summed E-state index contributed by atoms with van der Waals surface area (Å²) >= 11 is 0. The standard InChI is InChI=1S/C21H23N/c1-16(2)19-13-8-14-20(17(3)4)21(19)22-15-9-12-18-10-6-5-7-11-18/h5-8,10-11,13-17H,1-4H3. The molecule has 2 aromatic rings. The lowest BCUT2D eigenvalue weighted by atomic mass is 9.93. The van der Waals surface area contributed by atoms with Crippen LogP contribution in [0, 0.1) is 11.8 Å². The highest BCUT2D eigenvalue weighted by Gasteiger charge is 2.12. The van der Waals surface area contributed by atoms with E-state index in [4.69, 9.17) is 0 Å². The quantitative estimate of drug-likeness (QED) is 0.508. The highest BCUT2D eigenvalue weighted by atomic mass is 14.7. The molecule has 2 aromatic carbocycles. The van der Waals surface area contributed by atoms with Gasteiger partial charge >= 0.3 is 0 Å². The molecule has 0 unspecified atom stereocenters. The minimum atomic E-state index is 0.452. The Morgan fingerprint density at radius 3 is 1.95 bits per heavy atom. The van der Waals surface area contributed by atoms with Crippen molar-refractivity contribution in [3.05, 3.63) is 65.2 Å². The fourth-order valence-corrected chi connectivity index (χ4v) is 2.39. The van der Waals surface area contributed by atoms with Crippen molar-refractivity contribution in [3.63, 3.8) is 0 Å². The van der Waals surface area contributed by atoms with Crippen molar-refractivity contribution in [2.75, 3.05) is 0 Å². The van der Waals surface area contributed by atoms with Crippen LogP contribution >= 0.6 is 0 Å². The summed E-state index contributed by atoms with van der Waals surface area (Å²) in [5.41, 5.74) is 4.65. The third kappa shape index (κ3) is 4.09. The monoisotopic (exact) mass is 289 g/mol. The molecule has 0 spiro atoms. The summed E-state index contributed by atoms with van der Waals surface area (Å²) in [4.78, 5) is 4.67. The van der Waals surface area contributed by atoms with Crippen molar-refractivity contribution in [1.82, 2.24) is 0 Å². The van der Waals surface area contributed by atoms with Crippen LogP contribution in [-0.4, -0.2) is 6.21 Å². The van der Waals surface area contributed by atoms with Crippen LogP contribution in [0.15, 0.2) is 53.5 Å². The number of aliphatic imine (C=N–C) groups is 1. The van der Waals surface area contributed by atoms with Gasteiger partial charge in [0.05, 0.1) is 11.9 Å². The molecule has 0 radical (unpaired) electrons. The molecule has 0 saturated carbocycles. The molecule has 0 bridgehead atoms. The minimum absolute atomic E-state index is 0.452. The van der Waals surface area contributed by atoms with E-state index >= 15 is 0 Å². The normalized spacial score (nSPS) is 11.0. The summed E-state index contributed by atoms with van der Waals surface area (Å²) in [5, 5.41) is 0. The maximum atomic E-state index is 4.67. The van der Waals surface area contributed by atoms with Crippen molar-refractivity contribution in [2.45, 2.75) is 39.5 Å². The zero-order valence-corrected chi connectivity index (χ0v) is 13.8. The lowest BCUT2D eigenvalue weighted by Gasteiger charge is -2.15. The fourth-order valence-electron chi connectivity index (χ4n) is 2.39. The van der Waals surface area contributed by atoms with Gasteiger partial charge in [-0.3, -0.25) is 0 Å². The first-order chi connectivity index (χ1) is 10.6. The van der Waals surface area contributed by atoms with Crippen LogP contribution in [0.25, 0.3) is 0 Å². The number of benzene rings is 2. The van der Waals surface area contributed by atoms with Gasteiger partial charge in [-0.25, -0.2) is 4.99 Å². The Morgan fingerprint density at radius 2 is 1.41 bits per heavy atom. The summed E-state index contributed by atoms with van der Waals surface area (Å²) in [6.45, 7) is 8.81. The molecule has 0 aliphatic heterocycles. The van der Waals surface area contributed by atoms with Crippen LogP contribution in [0.5, 0.6) is 0 Å². The lowest BCUT2D eigenvalue weighted by molar-refractivity contribution is 0.835. The number of hydrogen-bond acceptors (Lipinski definition) is 1. The maximum absolute atomic E-state index is 4.67. The second kappa shape index (κ2) is 7.61. The van der Waals surface area contributed by atoms with Gasteiger partial charge in [-0.05, 0) is 41.0 Å². The Balaban J connectivity index is 2.32. The number of rotatable bonds is 3. The van der Waals surface area contributed by atoms with E-state index in [-0.39, 0.29) is 0 Å². The van der Waals surface area contributed by atoms with E-state index < -0.39 is 0 Å². The van der Waals surface area contributed by atoms with Crippen molar-refractivity contribution >= 4 is 11.9 Å². The molecule has 0 heterocycles. The van der Waals surface area contributed by atoms with Gasteiger partial charge in [0, 0.05) is 5.56 Å². The van der Waals surface area contributed by atoms with Gasteiger partial charge in [0.15, 0.2) is 0 Å². The lowest BCUT2D eigenvalue weighted by Crippen LogP contribution is -1.95. The Kier molecular flexibility index (Phi) is 5.55. The van der Waals surface area contributed by atoms with Gasteiger partial charge in [-0.15, -0.1) is 0 Å². The van der Waals surface area contributed by atoms with E-state index in [1.807, 2.05) is 30.3 Å². The zero-order valence-electron chi connectivity index (χ0n) is 13.8. The largest absolute Gasteiger partial charge is 0.247 e. The summed E-state index contributed by atoms with van der Waals surface area (Å²) < 4.78 is 0. The highest BCUT2D eigenvalue weighted by Crippen LogP contribution is 2.34. The number of nitrogens with zero attached hydrogens (tertiary/aromatic N) is 1. The van der Waals surface area contributed by atoms with Gasteiger partial charge < -0.3 is 0 Å². The van der Waals surface area contributed by atoms with Gasteiger partial charge in [0.2, 0.25) is 0 Å². The molecule has 112 valence electrons.